The van der Waals surface area contributed by atoms with E-state index in [9.17, 15) is 19.8 Å². The minimum atomic E-state index is -0.907. The van der Waals surface area contributed by atoms with Crippen molar-refractivity contribution in [3.8, 4) is 0 Å². The molecule has 2 aromatic rings. The third kappa shape index (κ3) is 34.4. The Balaban J connectivity index is 0.00000100. The molecule has 0 radical (unpaired) electrons. The van der Waals surface area contributed by atoms with Crippen molar-refractivity contribution in [1.82, 2.24) is 0 Å². The Morgan fingerprint density at radius 3 is 0.811 bits per heavy atom. The molecule has 0 spiro atoms. The second-order valence-corrected chi connectivity index (χ2v) is 15.6. The zero-order valence-corrected chi connectivity index (χ0v) is 35.9. The fourth-order valence-electron chi connectivity index (χ4n) is 7.23. The van der Waals surface area contributed by atoms with Crippen LogP contribution < -0.4 is 10.2 Å². The van der Waals surface area contributed by atoms with Gasteiger partial charge in [-0.2, -0.15) is 0 Å². The molecular weight excluding hydrogens is 665 g/mol. The predicted molar refractivity (Wildman–Crippen MR) is 224 cm³/mol. The van der Waals surface area contributed by atoms with Gasteiger partial charge in [0.1, 0.15) is 0 Å². The molecule has 2 unspecified atom stereocenters. The maximum Gasteiger partial charge on any atom is 2.00 e. The molecule has 296 valence electrons. The van der Waals surface area contributed by atoms with Crippen LogP contribution in [0.25, 0.3) is 0 Å². The first-order chi connectivity index (χ1) is 25.4. The summed E-state index contributed by atoms with van der Waals surface area (Å²) in [4.78, 5) is 20.6. The van der Waals surface area contributed by atoms with Crippen LogP contribution in [0.2, 0.25) is 0 Å². The first-order valence-electron chi connectivity index (χ1n) is 21.9. The summed E-state index contributed by atoms with van der Waals surface area (Å²) < 4.78 is 0. The van der Waals surface area contributed by atoms with Gasteiger partial charge >= 0.3 is 23.1 Å². The Morgan fingerprint density at radius 2 is 0.585 bits per heavy atom. The van der Waals surface area contributed by atoms with E-state index in [2.05, 4.69) is 74.5 Å². The standard InChI is InChI=1S/2C24H40O2.Mg/c2*1-22(23-19-15-13-16-20-23)18-14-11-9-7-5-3-2-4-6-8-10-12-17-21-24(25)26;/h2*13,15-16,19-20,22H,2-12,14,17-18,21H2,1H3,(H,25,26);/q;;+2/p-2. The molecule has 0 saturated heterocycles. The van der Waals surface area contributed by atoms with Crippen molar-refractivity contribution >= 4 is 35.0 Å². The Morgan fingerprint density at radius 1 is 0.377 bits per heavy atom. The van der Waals surface area contributed by atoms with E-state index >= 15 is 0 Å². The molecule has 2 rings (SSSR count). The van der Waals surface area contributed by atoms with Gasteiger partial charge in [-0.1, -0.05) is 229 Å². The van der Waals surface area contributed by atoms with Crippen LogP contribution in [0.4, 0.5) is 0 Å². The normalized spacial score (nSPS) is 12.0. The number of rotatable bonds is 34. The van der Waals surface area contributed by atoms with Crippen LogP contribution in [0.3, 0.4) is 0 Å². The van der Waals surface area contributed by atoms with Gasteiger partial charge in [0, 0.05) is 11.9 Å². The summed E-state index contributed by atoms with van der Waals surface area (Å²) in [7, 11) is 0. The van der Waals surface area contributed by atoms with Crippen LogP contribution in [0.1, 0.15) is 229 Å². The molecule has 0 amide bonds. The maximum absolute atomic E-state index is 10.3. The Labute approximate surface area is 343 Å². The second kappa shape index (κ2) is 38.4. The molecule has 0 aliphatic rings. The van der Waals surface area contributed by atoms with Crippen molar-refractivity contribution in [2.75, 3.05) is 0 Å². The van der Waals surface area contributed by atoms with Gasteiger partial charge in [0.15, 0.2) is 0 Å². The smallest absolute Gasteiger partial charge is 0.550 e. The van der Waals surface area contributed by atoms with Gasteiger partial charge in [-0.25, -0.2) is 0 Å². The van der Waals surface area contributed by atoms with Crippen molar-refractivity contribution in [2.45, 2.75) is 218 Å². The zero-order valence-electron chi connectivity index (χ0n) is 34.5. The van der Waals surface area contributed by atoms with Crippen LogP contribution in [-0.4, -0.2) is 35.0 Å². The fourth-order valence-corrected chi connectivity index (χ4v) is 7.23. The summed E-state index contributed by atoms with van der Waals surface area (Å²) >= 11 is 0. The first-order valence-corrected chi connectivity index (χ1v) is 21.9. The molecule has 5 heteroatoms. The topological polar surface area (TPSA) is 80.3 Å². The molecule has 0 heterocycles. The largest absolute Gasteiger partial charge is 2.00 e. The summed E-state index contributed by atoms with van der Waals surface area (Å²) in [6, 6.07) is 21.7. The van der Waals surface area contributed by atoms with E-state index in [-0.39, 0.29) is 35.9 Å². The van der Waals surface area contributed by atoms with Crippen molar-refractivity contribution in [3.05, 3.63) is 71.8 Å². The fraction of sp³-hybridized carbons (Fsp3) is 0.708. The molecule has 0 aromatic heterocycles. The van der Waals surface area contributed by atoms with Crippen LogP contribution >= 0.6 is 0 Å². The quantitative estimate of drug-likeness (QED) is 0.0528. The van der Waals surface area contributed by atoms with Gasteiger partial charge in [-0.15, -0.1) is 0 Å². The zero-order chi connectivity index (χ0) is 37.7. The van der Waals surface area contributed by atoms with Gasteiger partial charge < -0.3 is 19.8 Å². The summed E-state index contributed by atoms with van der Waals surface area (Å²) in [5, 5.41) is 20.6. The summed E-state index contributed by atoms with van der Waals surface area (Å²) in [6.07, 6.45) is 36.2. The molecule has 2 atom stereocenters. The third-order valence-corrected chi connectivity index (χ3v) is 10.8. The number of carboxylic acid groups (broad SMARTS) is 2. The maximum atomic E-state index is 10.3. The van der Waals surface area contributed by atoms with Crippen molar-refractivity contribution in [1.29, 1.82) is 0 Å². The number of carbonyl (C=O) groups excluding carboxylic acids is 2. The minimum absolute atomic E-state index is 0. The van der Waals surface area contributed by atoms with E-state index in [4.69, 9.17) is 0 Å². The monoisotopic (exact) mass is 743 g/mol. The van der Waals surface area contributed by atoms with E-state index in [1.807, 2.05) is 0 Å². The number of carbonyl (C=O) groups is 2. The van der Waals surface area contributed by atoms with Crippen LogP contribution in [-0.2, 0) is 9.59 Å². The van der Waals surface area contributed by atoms with E-state index in [1.165, 1.54) is 165 Å². The van der Waals surface area contributed by atoms with Gasteiger partial charge in [0.05, 0.1) is 0 Å². The van der Waals surface area contributed by atoms with Gasteiger partial charge in [-0.05, 0) is 61.5 Å². The number of hydrogen-bond donors (Lipinski definition) is 0. The molecule has 0 aliphatic heterocycles. The molecule has 53 heavy (non-hydrogen) atoms. The van der Waals surface area contributed by atoms with Gasteiger partial charge in [0.2, 0.25) is 0 Å². The summed E-state index contributed by atoms with van der Waals surface area (Å²) in [5.41, 5.74) is 2.96. The third-order valence-electron chi connectivity index (χ3n) is 10.8. The van der Waals surface area contributed by atoms with Crippen molar-refractivity contribution in [3.63, 3.8) is 0 Å². The second-order valence-electron chi connectivity index (χ2n) is 15.6. The Hall–Kier alpha value is -1.85. The average molecular weight is 743 g/mol. The first kappa shape index (κ1) is 51.1. The van der Waals surface area contributed by atoms with Gasteiger partial charge in [-0.3, -0.25) is 0 Å². The van der Waals surface area contributed by atoms with Crippen molar-refractivity contribution < 1.29 is 19.8 Å². The molecule has 4 nitrogen and oxygen atoms in total. The van der Waals surface area contributed by atoms with Crippen molar-refractivity contribution in [2.24, 2.45) is 0 Å². The average Bonchev–Trinajstić information content (AvgIpc) is 3.15. The molecule has 0 fully saturated rings. The molecule has 0 N–H and O–H groups in total. The molecule has 2 aromatic carbocycles. The number of benzene rings is 2. The van der Waals surface area contributed by atoms with E-state index in [1.54, 1.807) is 0 Å². The Kier molecular flexibility index (Phi) is 37.1. The number of unbranched alkanes of at least 4 members (excludes halogenated alkanes) is 24. The summed E-state index contributed by atoms with van der Waals surface area (Å²) in [5.74, 6) is -0.430. The SMILES string of the molecule is CC(CCCCCCCCCCCCCCCC(=O)[O-])c1ccccc1.CC(CCCCCCCCCCCCCCCC(=O)[O-])c1ccccc1.[Mg+2]. The number of carboxylic acids is 2. The molecule has 0 saturated carbocycles. The summed E-state index contributed by atoms with van der Waals surface area (Å²) in [6.45, 7) is 4.69. The number of aliphatic carboxylic acids is 2. The Bertz CT molecular complexity index is 974. The molecule has 0 aliphatic carbocycles. The molecular formula is C48H78MgO4. The number of hydrogen-bond acceptors (Lipinski definition) is 4. The van der Waals surface area contributed by atoms with E-state index < -0.39 is 11.9 Å². The van der Waals surface area contributed by atoms with Crippen LogP contribution in [0.15, 0.2) is 60.7 Å². The van der Waals surface area contributed by atoms with Crippen LogP contribution in [0.5, 0.6) is 0 Å². The predicted octanol–water partition coefficient (Wildman–Crippen LogP) is 12.4. The minimum Gasteiger partial charge on any atom is -0.550 e. The molecule has 0 bridgehead atoms. The van der Waals surface area contributed by atoms with Gasteiger partial charge in [0.25, 0.3) is 0 Å². The van der Waals surface area contributed by atoms with E-state index in [0.717, 1.165) is 25.7 Å². The van der Waals surface area contributed by atoms with E-state index in [0.29, 0.717) is 11.8 Å². The van der Waals surface area contributed by atoms with Crippen LogP contribution in [0, 0.1) is 0 Å².